The molecule has 25 heavy (non-hydrogen) atoms. The van der Waals surface area contributed by atoms with Gasteiger partial charge in [0.1, 0.15) is 16.9 Å². The number of nitrogen functional groups attached to an aromatic ring is 1. The molecule has 0 fully saturated rings. The minimum absolute atomic E-state index is 0.174. The molecular weight excluding hydrogens is 336 g/mol. The van der Waals surface area contributed by atoms with Gasteiger partial charge in [-0.25, -0.2) is 4.98 Å². The molecule has 5 nitrogen and oxygen atoms in total. The van der Waals surface area contributed by atoms with Crippen LogP contribution < -0.4 is 5.73 Å². The van der Waals surface area contributed by atoms with Gasteiger partial charge in [-0.3, -0.25) is 0 Å². The molecule has 6 heteroatoms. The zero-order valence-electron chi connectivity index (χ0n) is 13.7. The summed E-state index contributed by atoms with van der Waals surface area (Å²) < 4.78 is 1.93. The van der Waals surface area contributed by atoms with Crippen molar-refractivity contribution in [3.05, 3.63) is 70.3 Å². The van der Waals surface area contributed by atoms with Crippen LogP contribution in [0.15, 0.2) is 42.6 Å². The van der Waals surface area contributed by atoms with Crippen molar-refractivity contribution in [2.24, 2.45) is 0 Å². The van der Waals surface area contributed by atoms with Crippen LogP contribution in [0.25, 0.3) is 11.1 Å². The third kappa shape index (κ3) is 3.36. The highest BCUT2D eigenvalue weighted by Crippen LogP contribution is 2.28. The molecule has 0 bridgehead atoms. The number of hydrogen-bond acceptors (Lipinski definition) is 4. The Morgan fingerprint density at radius 2 is 2.00 bits per heavy atom. The second-order valence-corrected chi connectivity index (χ2v) is 6.18. The molecule has 126 valence electrons. The van der Waals surface area contributed by atoms with E-state index in [0.29, 0.717) is 28.6 Å². The van der Waals surface area contributed by atoms with E-state index in [-0.39, 0.29) is 6.61 Å². The first-order valence-corrected chi connectivity index (χ1v) is 8.11. The van der Waals surface area contributed by atoms with Crippen LogP contribution in [0.3, 0.4) is 0 Å². The highest BCUT2D eigenvalue weighted by Gasteiger charge is 2.15. The van der Waals surface area contributed by atoms with Gasteiger partial charge < -0.3 is 15.4 Å². The summed E-state index contributed by atoms with van der Waals surface area (Å²) in [5, 5.41) is 19.3. The number of aryl methyl sites for hydroxylation is 1. The van der Waals surface area contributed by atoms with Crippen molar-refractivity contribution in [3.63, 3.8) is 0 Å². The first-order valence-electron chi connectivity index (χ1n) is 7.73. The van der Waals surface area contributed by atoms with E-state index in [4.69, 9.17) is 17.3 Å². The third-order valence-electron chi connectivity index (χ3n) is 4.11. The predicted octanol–water partition coefficient (Wildman–Crippen LogP) is 3.51. The van der Waals surface area contributed by atoms with E-state index < -0.39 is 0 Å². The van der Waals surface area contributed by atoms with Gasteiger partial charge in [-0.15, -0.1) is 0 Å². The summed E-state index contributed by atoms with van der Waals surface area (Å²) in [7, 11) is 0. The van der Waals surface area contributed by atoms with Crippen molar-refractivity contribution in [2.75, 3.05) is 5.73 Å². The molecular formula is C19H17ClN4O. The van der Waals surface area contributed by atoms with Gasteiger partial charge in [0.2, 0.25) is 0 Å². The SMILES string of the molecule is Cc1cc(-c2ccc(N)cc2)c(C#N)n1Cc1cnc(Cl)c(CO)c1. The van der Waals surface area contributed by atoms with Gasteiger partial charge in [0.15, 0.2) is 0 Å². The van der Waals surface area contributed by atoms with E-state index in [9.17, 15) is 10.4 Å². The number of nitrogens with two attached hydrogens (primary N) is 1. The van der Waals surface area contributed by atoms with Gasteiger partial charge in [0, 0.05) is 28.7 Å². The van der Waals surface area contributed by atoms with Crippen LogP contribution in [-0.4, -0.2) is 14.7 Å². The number of halogens is 1. The van der Waals surface area contributed by atoms with E-state index >= 15 is 0 Å². The Morgan fingerprint density at radius 1 is 1.28 bits per heavy atom. The molecule has 0 aliphatic carbocycles. The van der Waals surface area contributed by atoms with E-state index in [0.717, 1.165) is 22.4 Å². The average Bonchev–Trinajstić information content (AvgIpc) is 2.93. The lowest BCUT2D eigenvalue weighted by atomic mass is 10.1. The lowest BCUT2D eigenvalue weighted by molar-refractivity contribution is 0.281. The first kappa shape index (κ1) is 17.0. The summed E-state index contributed by atoms with van der Waals surface area (Å²) >= 11 is 5.95. The number of nitriles is 1. The second-order valence-electron chi connectivity index (χ2n) is 5.82. The lowest BCUT2D eigenvalue weighted by Crippen LogP contribution is -2.06. The standard InChI is InChI=1S/C19H17ClN4O/c1-12-6-17(14-2-4-16(22)5-3-14)18(8-21)24(12)10-13-7-15(11-25)19(20)23-9-13/h2-7,9,25H,10-11,22H2,1H3. The number of pyridine rings is 1. The fourth-order valence-electron chi connectivity index (χ4n) is 2.81. The number of anilines is 1. The van der Waals surface area contributed by atoms with E-state index in [1.807, 2.05) is 41.8 Å². The van der Waals surface area contributed by atoms with Crippen LogP contribution in [-0.2, 0) is 13.2 Å². The molecule has 3 aromatic rings. The third-order valence-corrected chi connectivity index (χ3v) is 4.45. The number of aromatic nitrogens is 2. The fraction of sp³-hybridized carbons (Fsp3) is 0.158. The highest BCUT2D eigenvalue weighted by atomic mass is 35.5. The average molecular weight is 353 g/mol. The van der Waals surface area contributed by atoms with Crippen molar-refractivity contribution < 1.29 is 5.11 Å². The van der Waals surface area contributed by atoms with Gasteiger partial charge in [0.05, 0.1) is 13.2 Å². The first-order chi connectivity index (χ1) is 12.0. The smallest absolute Gasteiger partial charge is 0.134 e. The maximum absolute atomic E-state index is 9.68. The van der Waals surface area contributed by atoms with Gasteiger partial charge in [-0.2, -0.15) is 5.26 Å². The minimum Gasteiger partial charge on any atom is -0.399 e. The molecule has 0 aliphatic rings. The number of aliphatic hydroxyl groups is 1. The fourth-order valence-corrected chi connectivity index (χ4v) is 2.97. The minimum atomic E-state index is -0.174. The predicted molar refractivity (Wildman–Crippen MR) is 98.0 cm³/mol. The molecule has 2 heterocycles. The van der Waals surface area contributed by atoms with E-state index in [1.165, 1.54) is 0 Å². The van der Waals surface area contributed by atoms with Crippen LogP contribution in [0.5, 0.6) is 0 Å². The van der Waals surface area contributed by atoms with Gasteiger partial charge in [-0.05, 0) is 42.3 Å². The Balaban J connectivity index is 2.03. The van der Waals surface area contributed by atoms with E-state index in [2.05, 4.69) is 11.1 Å². The lowest BCUT2D eigenvalue weighted by Gasteiger charge is -2.10. The normalized spacial score (nSPS) is 10.6. The van der Waals surface area contributed by atoms with Crippen molar-refractivity contribution in [1.29, 1.82) is 5.26 Å². The summed E-state index contributed by atoms with van der Waals surface area (Å²) in [5.74, 6) is 0. The molecule has 0 spiro atoms. The monoisotopic (exact) mass is 352 g/mol. The molecule has 0 radical (unpaired) electrons. The second kappa shape index (κ2) is 6.98. The summed E-state index contributed by atoms with van der Waals surface area (Å²) in [6.45, 7) is 2.25. The molecule has 1 aromatic carbocycles. The van der Waals surface area contributed by atoms with Crippen molar-refractivity contribution in [1.82, 2.24) is 9.55 Å². The summed E-state index contributed by atoms with van der Waals surface area (Å²) in [6.07, 6.45) is 1.66. The van der Waals surface area contributed by atoms with Crippen molar-refractivity contribution in [2.45, 2.75) is 20.1 Å². The molecule has 0 unspecified atom stereocenters. The molecule has 3 rings (SSSR count). The Labute approximate surface area is 150 Å². The highest BCUT2D eigenvalue weighted by molar-refractivity contribution is 6.30. The Hall–Kier alpha value is -2.81. The van der Waals surface area contributed by atoms with Crippen LogP contribution in [0.1, 0.15) is 22.5 Å². The summed E-state index contributed by atoms with van der Waals surface area (Å²) in [6, 6.07) is 13.5. The van der Waals surface area contributed by atoms with Crippen molar-refractivity contribution in [3.8, 4) is 17.2 Å². The van der Waals surface area contributed by atoms with Crippen LogP contribution in [0.4, 0.5) is 5.69 Å². The number of benzene rings is 1. The molecule has 0 atom stereocenters. The number of hydrogen-bond donors (Lipinski definition) is 2. The Bertz CT molecular complexity index is 955. The topological polar surface area (TPSA) is 87.9 Å². The largest absolute Gasteiger partial charge is 0.399 e. The number of rotatable bonds is 4. The maximum Gasteiger partial charge on any atom is 0.134 e. The molecule has 0 saturated heterocycles. The molecule has 3 N–H and O–H groups in total. The quantitative estimate of drug-likeness (QED) is 0.555. The summed E-state index contributed by atoms with van der Waals surface area (Å²) in [5.41, 5.74) is 11.2. The number of aliphatic hydroxyl groups excluding tert-OH is 1. The van der Waals surface area contributed by atoms with Gasteiger partial charge in [0.25, 0.3) is 0 Å². The van der Waals surface area contributed by atoms with E-state index in [1.54, 1.807) is 12.3 Å². The Morgan fingerprint density at radius 3 is 2.64 bits per heavy atom. The van der Waals surface area contributed by atoms with Crippen LogP contribution in [0, 0.1) is 18.3 Å². The Kier molecular flexibility index (Phi) is 4.75. The summed E-state index contributed by atoms with van der Waals surface area (Å²) in [4.78, 5) is 4.10. The van der Waals surface area contributed by atoms with Gasteiger partial charge in [-0.1, -0.05) is 23.7 Å². The molecule has 0 saturated carbocycles. The van der Waals surface area contributed by atoms with Gasteiger partial charge >= 0.3 is 0 Å². The number of nitrogens with zero attached hydrogens (tertiary/aromatic N) is 3. The zero-order valence-corrected chi connectivity index (χ0v) is 14.5. The maximum atomic E-state index is 9.68. The van der Waals surface area contributed by atoms with Crippen LogP contribution >= 0.6 is 11.6 Å². The molecule has 2 aromatic heterocycles. The van der Waals surface area contributed by atoms with Crippen molar-refractivity contribution >= 4 is 17.3 Å². The van der Waals surface area contributed by atoms with Crippen LogP contribution in [0.2, 0.25) is 5.15 Å². The molecule has 0 amide bonds. The zero-order chi connectivity index (χ0) is 18.0. The molecule has 0 aliphatic heterocycles.